The molecule has 0 bridgehead atoms. The molecule has 1 N–H and O–H groups in total. The van der Waals surface area contributed by atoms with E-state index in [4.69, 9.17) is 4.74 Å². The van der Waals surface area contributed by atoms with Gasteiger partial charge in [-0.15, -0.1) is 0 Å². The molecule has 0 saturated carbocycles. The van der Waals surface area contributed by atoms with Gasteiger partial charge in [-0.25, -0.2) is 0 Å². The van der Waals surface area contributed by atoms with Crippen molar-refractivity contribution < 1.29 is 9.53 Å². The topological polar surface area (TPSA) is 43.3 Å². The lowest BCUT2D eigenvalue weighted by molar-refractivity contribution is -0.116. The summed E-state index contributed by atoms with van der Waals surface area (Å²) in [4.78, 5) is 12.4. The number of nitrogens with zero attached hydrogens (tertiary/aromatic N) is 1. The molecular weight excluding hydrogens is 288 g/mol. The van der Waals surface area contributed by atoms with Crippen molar-refractivity contribution in [2.24, 2.45) is 0 Å². The third-order valence-electron chi connectivity index (χ3n) is 3.70. The number of carbonyl (C=O) groups is 1. The number of anilines is 1. The first kappa shape index (κ1) is 15.2. The van der Waals surface area contributed by atoms with Crippen LogP contribution in [-0.2, 0) is 11.3 Å². The summed E-state index contributed by atoms with van der Waals surface area (Å²) in [7, 11) is 0. The maximum absolute atomic E-state index is 12.4. The number of fused-ring (bicyclic) bond motifs is 1. The molecule has 1 amide bonds. The van der Waals surface area contributed by atoms with Crippen LogP contribution in [0.25, 0.3) is 10.9 Å². The third kappa shape index (κ3) is 3.37. The van der Waals surface area contributed by atoms with Crippen LogP contribution in [0.15, 0.2) is 54.7 Å². The molecule has 0 aliphatic rings. The van der Waals surface area contributed by atoms with Gasteiger partial charge < -0.3 is 14.6 Å². The van der Waals surface area contributed by atoms with Gasteiger partial charge in [-0.1, -0.05) is 23.8 Å². The van der Waals surface area contributed by atoms with Crippen molar-refractivity contribution >= 4 is 22.5 Å². The minimum atomic E-state index is -0.0739. The molecule has 2 aromatic carbocycles. The van der Waals surface area contributed by atoms with Crippen LogP contribution in [0.3, 0.4) is 0 Å². The zero-order chi connectivity index (χ0) is 16.2. The molecule has 0 saturated heterocycles. The van der Waals surface area contributed by atoms with Gasteiger partial charge in [-0.2, -0.15) is 0 Å². The van der Waals surface area contributed by atoms with E-state index in [1.54, 1.807) is 0 Å². The molecular formula is C19H20N2O2. The third-order valence-corrected chi connectivity index (χ3v) is 3.70. The number of ether oxygens (including phenoxy) is 1. The Labute approximate surface area is 135 Å². The fourth-order valence-electron chi connectivity index (χ4n) is 2.65. The van der Waals surface area contributed by atoms with Crippen molar-refractivity contribution in [3.63, 3.8) is 0 Å². The van der Waals surface area contributed by atoms with Gasteiger partial charge in [0.1, 0.15) is 12.3 Å². The average molecular weight is 308 g/mol. The van der Waals surface area contributed by atoms with Crippen molar-refractivity contribution in [3.8, 4) is 5.75 Å². The Balaban J connectivity index is 1.76. The van der Waals surface area contributed by atoms with Crippen LogP contribution in [0.1, 0.15) is 12.5 Å². The predicted octanol–water partition coefficient (Wildman–Crippen LogP) is 3.99. The molecule has 3 aromatic rings. The van der Waals surface area contributed by atoms with E-state index in [9.17, 15) is 4.79 Å². The van der Waals surface area contributed by atoms with E-state index in [0.29, 0.717) is 18.0 Å². The van der Waals surface area contributed by atoms with E-state index in [1.165, 1.54) is 5.56 Å². The number of benzene rings is 2. The highest BCUT2D eigenvalue weighted by Crippen LogP contribution is 2.24. The van der Waals surface area contributed by atoms with E-state index >= 15 is 0 Å². The molecule has 0 aliphatic heterocycles. The Bertz CT molecular complexity index is 836. The van der Waals surface area contributed by atoms with Gasteiger partial charge in [0.25, 0.3) is 0 Å². The minimum absolute atomic E-state index is 0.0739. The molecule has 0 unspecified atom stereocenters. The maximum atomic E-state index is 12.4. The Morgan fingerprint density at radius 1 is 1.17 bits per heavy atom. The summed E-state index contributed by atoms with van der Waals surface area (Å²) in [5.74, 6) is 0.617. The fraction of sp³-hybridized carbons (Fsp3) is 0.211. The largest absolute Gasteiger partial charge is 0.492 e. The molecule has 0 radical (unpaired) electrons. The number of amides is 1. The molecule has 1 aromatic heterocycles. The van der Waals surface area contributed by atoms with Crippen molar-refractivity contribution in [1.29, 1.82) is 0 Å². The monoisotopic (exact) mass is 308 g/mol. The zero-order valence-electron chi connectivity index (χ0n) is 13.4. The highest BCUT2D eigenvalue weighted by molar-refractivity contribution is 5.93. The lowest BCUT2D eigenvalue weighted by Crippen LogP contribution is -2.18. The normalized spacial score (nSPS) is 10.7. The van der Waals surface area contributed by atoms with Crippen molar-refractivity contribution in [2.75, 3.05) is 11.9 Å². The first-order chi connectivity index (χ1) is 11.2. The SMILES string of the molecule is CCOc1ccccc1NC(=O)Cn1ccc2cc(C)ccc21. The Morgan fingerprint density at radius 2 is 2.00 bits per heavy atom. The lowest BCUT2D eigenvalue weighted by atomic mass is 10.2. The van der Waals surface area contributed by atoms with E-state index in [1.807, 2.05) is 54.1 Å². The number of aromatic nitrogens is 1. The maximum Gasteiger partial charge on any atom is 0.244 e. The molecule has 4 heteroatoms. The van der Waals surface area contributed by atoms with Gasteiger partial charge >= 0.3 is 0 Å². The average Bonchev–Trinajstić information content (AvgIpc) is 2.91. The van der Waals surface area contributed by atoms with Crippen LogP contribution in [0.5, 0.6) is 5.75 Å². The number of carbonyl (C=O) groups excluding carboxylic acids is 1. The van der Waals surface area contributed by atoms with E-state index in [2.05, 4.69) is 24.4 Å². The van der Waals surface area contributed by atoms with Crippen molar-refractivity contribution in [1.82, 2.24) is 4.57 Å². The summed E-state index contributed by atoms with van der Waals surface area (Å²) < 4.78 is 7.49. The summed E-state index contributed by atoms with van der Waals surface area (Å²) in [6.07, 6.45) is 1.94. The second kappa shape index (κ2) is 6.57. The van der Waals surface area contributed by atoms with E-state index < -0.39 is 0 Å². The standard InChI is InChI=1S/C19H20N2O2/c1-3-23-18-7-5-4-6-16(18)20-19(22)13-21-11-10-15-12-14(2)8-9-17(15)21/h4-12H,3,13H2,1-2H3,(H,20,22). The zero-order valence-corrected chi connectivity index (χ0v) is 13.4. The molecule has 0 spiro atoms. The predicted molar refractivity (Wildman–Crippen MR) is 92.9 cm³/mol. The van der Waals surface area contributed by atoms with Crippen LogP contribution in [0, 0.1) is 6.92 Å². The molecule has 0 fully saturated rings. The van der Waals surface area contributed by atoms with Crippen molar-refractivity contribution in [2.45, 2.75) is 20.4 Å². The Morgan fingerprint density at radius 3 is 2.83 bits per heavy atom. The summed E-state index contributed by atoms with van der Waals surface area (Å²) >= 11 is 0. The quantitative estimate of drug-likeness (QED) is 0.774. The number of aryl methyl sites for hydroxylation is 1. The first-order valence-electron chi connectivity index (χ1n) is 7.74. The summed E-state index contributed by atoms with van der Waals surface area (Å²) in [5, 5.41) is 4.07. The first-order valence-corrected chi connectivity index (χ1v) is 7.74. The number of hydrogen-bond acceptors (Lipinski definition) is 2. The smallest absolute Gasteiger partial charge is 0.244 e. The van der Waals surface area contributed by atoms with Gasteiger partial charge in [0.2, 0.25) is 5.91 Å². The second-order valence-corrected chi connectivity index (χ2v) is 5.48. The Kier molecular flexibility index (Phi) is 4.33. The molecule has 1 heterocycles. The van der Waals surface area contributed by atoms with E-state index in [-0.39, 0.29) is 12.5 Å². The van der Waals surface area contributed by atoms with Crippen LogP contribution >= 0.6 is 0 Å². The fourth-order valence-corrected chi connectivity index (χ4v) is 2.65. The number of hydrogen-bond donors (Lipinski definition) is 1. The van der Waals surface area contributed by atoms with Gasteiger partial charge in [-0.3, -0.25) is 4.79 Å². The molecule has 118 valence electrons. The molecule has 23 heavy (non-hydrogen) atoms. The summed E-state index contributed by atoms with van der Waals surface area (Å²) in [6, 6.07) is 15.7. The van der Waals surface area contributed by atoms with Gasteiger partial charge in [0.15, 0.2) is 0 Å². The Hall–Kier alpha value is -2.75. The molecule has 4 nitrogen and oxygen atoms in total. The molecule has 3 rings (SSSR count). The molecule has 0 atom stereocenters. The van der Waals surface area contributed by atoms with Gasteiger partial charge in [0.05, 0.1) is 12.3 Å². The lowest BCUT2D eigenvalue weighted by Gasteiger charge is -2.12. The highest BCUT2D eigenvalue weighted by Gasteiger charge is 2.09. The molecule has 0 aliphatic carbocycles. The summed E-state index contributed by atoms with van der Waals surface area (Å²) in [6.45, 7) is 4.82. The van der Waals surface area contributed by atoms with E-state index in [0.717, 1.165) is 10.9 Å². The summed E-state index contributed by atoms with van der Waals surface area (Å²) in [5.41, 5.74) is 2.97. The number of rotatable bonds is 5. The minimum Gasteiger partial charge on any atom is -0.492 e. The van der Waals surface area contributed by atoms with Crippen LogP contribution in [0.2, 0.25) is 0 Å². The van der Waals surface area contributed by atoms with Gasteiger partial charge in [-0.05, 0) is 49.6 Å². The number of para-hydroxylation sites is 2. The van der Waals surface area contributed by atoms with Crippen LogP contribution in [0.4, 0.5) is 5.69 Å². The van der Waals surface area contributed by atoms with Crippen LogP contribution in [-0.4, -0.2) is 17.1 Å². The van der Waals surface area contributed by atoms with Crippen LogP contribution < -0.4 is 10.1 Å². The number of nitrogens with one attached hydrogen (secondary N) is 1. The van der Waals surface area contributed by atoms with Gasteiger partial charge in [0, 0.05) is 11.7 Å². The second-order valence-electron chi connectivity index (χ2n) is 5.48. The highest BCUT2D eigenvalue weighted by atomic mass is 16.5. The van der Waals surface area contributed by atoms with Crippen molar-refractivity contribution in [3.05, 3.63) is 60.3 Å².